The summed E-state index contributed by atoms with van der Waals surface area (Å²) >= 11 is 0. The summed E-state index contributed by atoms with van der Waals surface area (Å²) in [6, 6.07) is 15.6. The minimum Gasteiger partial charge on any atom is -0.497 e. The van der Waals surface area contributed by atoms with Gasteiger partial charge in [0, 0.05) is 0 Å². The average molecular weight is 256 g/mol. The summed E-state index contributed by atoms with van der Waals surface area (Å²) in [4.78, 5) is 0. The van der Waals surface area contributed by atoms with Crippen LogP contribution in [0.25, 0.3) is 0 Å². The Morgan fingerprint density at radius 1 is 0.895 bits per heavy atom. The smallest absolute Gasteiger partial charge is 0.162 e. The molecule has 2 atom stereocenters. The third kappa shape index (κ3) is 2.24. The van der Waals surface area contributed by atoms with Crippen LogP contribution in [-0.2, 0) is 0 Å². The second kappa shape index (κ2) is 4.84. The van der Waals surface area contributed by atoms with E-state index in [0.717, 1.165) is 22.8 Å². The molecule has 0 spiro atoms. The van der Waals surface area contributed by atoms with Crippen LogP contribution in [0.1, 0.15) is 18.6 Å². The van der Waals surface area contributed by atoms with Crippen molar-refractivity contribution in [3.8, 4) is 17.2 Å². The SMILES string of the molecule is COc1ccc(C2Oc3ccccc3OC2C)cc1. The van der Waals surface area contributed by atoms with Crippen LogP contribution < -0.4 is 14.2 Å². The minimum absolute atomic E-state index is 0.0247. The Morgan fingerprint density at radius 3 is 2.16 bits per heavy atom. The number of para-hydroxylation sites is 2. The van der Waals surface area contributed by atoms with Gasteiger partial charge in [0.25, 0.3) is 0 Å². The van der Waals surface area contributed by atoms with Gasteiger partial charge in [-0.2, -0.15) is 0 Å². The van der Waals surface area contributed by atoms with Crippen molar-refractivity contribution in [2.75, 3.05) is 7.11 Å². The van der Waals surface area contributed by atoms with Gasteiger partial charge in [-0.25, -0.2) is 0 Å². The van der Waals surface area contributed by atoms with Crippen molar-refractivity contribution < 1.29 is 14.2 Å². The highest BCUT2D eigenvalue weighted by Crippen LogP contribution is 2.39. The van der Waals surface area contributed by atoms with Crippen molar-refractivity contribution in [2.45, 2.75) is 19.1 Å². The van der Waals surface area contributed by atoms with Crippen LogP contribution in [-0.4, -0.2) is 13.2 Å². The summed E-state index contributed by atoms with van der Waals surface area (Å²) in [6.07, 6.45) is -0.121. The molecular formula is C16H16O3. The highest BCUT2D eigenvalue weighted by molar-refractivity contribution is 5.42. The second-order valence-electron chi connectivity index (χ2n) is 4.58. The van der Waals surface area contributed by atoms with Crippen molar-refractivity contribution in [2.24, 2.45) is 0 Å². The summed E-state index contributed by atoms with van der Waals surface area (Å²) in [7, 11) is 1.66. The van der Waals surface area contributed by atoms with Gasteiger partial charge in [0.15, 0.2) is 17.6 Å². The van der Waals surface area contributed by atoms with E-state index in [1.165, 1.54) is 0 Å². The maximum atomic E-state index is 6.04. The third-order valence-electron chi connectivity index (χ3n) is 3.29. The summed E-state index contributed by atoms with van der Waals surface area (Å²) in [5, 5.41) is 0. The lowest BCUT2D eigenvalue weighted by atomic mass is 10.0. The Morgan fingerprint density at radius 2 is 1.53 bits per heavy atom. The van der Waals surface area contributed by atoms with Gasteiger partial charge in [-0.1, -0.05) is 24.3 Å². The highest BCUT2D eigenvalue weighted by Gasteiger charge is 2.29. The maximum Gasteiger partial charge on any atom is 0.162 e. The lowest BCUT2D eigenvalue weighted by Gasteiger charge is -2.32. The number of fused-ring (bicyclic) bond motifs is 1. The summed E-state index contributed by atoms with van der Waals surface area (Å²) < 4.78 is 17.1. The molecule has 0 aliphatic carbocycles. The fourth-order valence-corrected chi connectivity index (χ4v) is 2.27. The predicted molar refractivity (Wildman–Crippen MR) is 72.9 cm³/mol. The monoisotopic (exact) mass is 256 g/mol. The second-order valence-corrected chi connectivity index (χ2v) is 4.58. The molecule has 2 unspecified atom stereocenters. The molecule has 98 valence electrons. The molecule has 2 aromatic rings. The van der Waals surface area contributed by atoms with E-state index in [2.05, 4.69) is 0 Å². The minimum atomic E-state index is -0.0965. The predicted octanol–water partition coefficient (Wildman–Crippen LogP) is 3.60. The number of ether oxygens (including phenoxy) is 3. The van der Waals surface area contributed by atoms with Gasteiger partial charge >= 0.3 is 0 Å². The van der Waals surface area contributed by atoms with E-state index in [-0.39, 0.29) is 12.2 Å². The first-order valence-corrected chi connectivity index (χ1v) is 6.34. The largest absolute Gasteiger partial charge is 0.497 e. The highest BCUT2D eigenvalue weighted by atomic mass is 16.6. The molecule has 3 heteroatoms. The Labute approximate surface area is 112 Å². The Kier molecular flexibility index (Phi) is 3.03. The van der Waals surface area contributed by atoms with E-state index in [9.17, 15) is 0 Å². The molecule has 0 radical (unpaired) electrons. The maximum absolute atomic E-state index is 6.04. The summed E-state index contributed by atoms with van der Waals surface area (Å²) in [5.74, 6) is 2.44. The zero-order valence-electron chi connectivity index (χ0n) is 11.0. The van der Waals surface area contributed by atoms with E-state index < -0.39 is 0 Å². The van der Waals surface area contributed by atoms with E-state index >= 15 is 0 Å². The molecule has 0 saturated carbocycles. The molecule has 3 rings (SSSR count). The molecule has 1 heterocycles. The van der Waals surface area contributed by atoms with Gasteiger partial charge in [-0.05, 0) is 36.8 Å². The van der Waals surface area contributed by atoms with Crippen molar-refractivity contribution >= 4 is 0 Å². The first-order valence-electron chi connectivity index (χ1n) is 6.34. The third-order valence-corrected chi connectivity index (χ3v) is 3.29. The van der Waals surface area contributed by atoms with E-state index in [1.54, 1.807) is 7.11 Å². The molecule has 1 aliphatic rings. The fraction of sp³-hybridized carbons (Fsp3) is 0.250. The number of hydrogen-bond acceptors (Lipinski definition) is 3. The van der Waals surface area contributed by atoms with Gasteiger partial charge in [-0.3, -0.25) is 0 Å². The van der Waals surface area contributed by atoms with Crippen LogP contribution in [0.4, 0.5) is 0 Å². The summed E-state index contributed by atoms with van der Waals surface area (Å²) in [6.45, 7) is 2.02. The van der Waals surface area contributed by atoms with Crippen LogP contribution in [0, 0.1) is 0 Å². The van der Waals surface area contributed by atoms with Gasteiger partial charge in [0.05, 0.1) is 7.11 Å². The van der Waals surface area contributed by atoms with Crippen molar-refractivity contribution in [1.29, 1.82) is 0 Å². The first kappa shape index (κ1) is 11.9. The quantitative estimate of drug-likeness (QED) is 0.821. The van der Waals surface area contributed by atoms with Gasteiger partial charge < -0.3 is 14.2 Å². The zero-order valence-corrected chi connectivity index (χ0v) is 11.0. The van der Waals surface area contributed by atoms with Crippen LogP contribution >= 0.6 is 0 Å². The Balaban J connectivity index is 1.89. The molecule has 0 fully saturated rings. The van der Waals surface area contributed by atoms with Crippen LogP contribution in [0.15, 0.2) is 48.5 Å². The molecule has 3 nitrogen and oxygen atoms in total. The van der Waals surface area contributed by atoms with Crippen LogP contribution in [0.5, 0.6) is 17.2 Å². The molecule has 2 aromatic carbocycles. The molecular weight excluding hydrogens is 240 g/mol. The van der Waals surface area contributed by atoms with Gasteiger partial charge in [0.1, 0.15) is 11.9 Å². The standard InChI is InChI=1S/C16H16O3/c1-11-16(12-7-9-13(17-2)10-8-12)19-15-6-4-3-5-14(15)18-11/h3-11,16H,1-2H3. The fourth-order valence-electron chi connectivity index (χ4n) is 2.27. The van der Waals surface area contributed by atoms with Crippen LogP contribution in [0.3, 0.4) is 0 Å². The normalized spacial score (nSPS) is 20.9. The molecule has 1 aliphatic heterocycles. The average Bonchev–Trinajstić information content (AvgIpc) is 2.47. The number of benzene rings is 2. The van der Waals surface area contributed by atoms with Gasteiger partial charge in [0.2, 0.25) is 0 Å². The van der Waals surface area contributed by atoms with Crippen LogP contribution in [0.2, 0.25) is 0 Å². The zero-order chi connectivity index (χ0) is 13.2. The molecule has 0 bridgehead atoms. The van der Waals surface area contributed by atoms with Crippen molar-refractivity contribution in [3.05, 3.63) is 54.1 Å². The Bertz CT molecular complexity index is 562. The van der Waals surface area contributed by atoms with E-state index in [0.29, 0.717) is 0 Å². The molecule has 0 amide bonds. The molecule has 0 aromatic heterocycles. The topological polar surface area (TPSA) is 27.7 Å². The molecule has 0 saturated heterocycles. The van der Waals surface area contributed by atoms with Crippen molar-refractivity contribution in [3.63, 3.8) is 0 Å². The van der Waals surface area contributed by atoms with Gasteiger partial charge in [-0.15, -0.1) is 0 Å². The number of methoxy groups -OCH3 is 1. The van der Waals surface area contributed by atoms with E-state index in [4.69, 9.17) is 14.2 Å². The first-order chi connectivity index (χ1) is 9.28. The van der Waals surface area contributed by atoms with E-state index in [1.807, 2.05) is 55.5 Å². The lowest BCUT2D eigenvalue weighted by molar-refractivity contribution is 0.0307. The molecule has 19 heavy (non-hydrogen) atoms. The van der Waals surface area contributed by atoms with Crippen molar-refractivity contribution in [1.82, 2.24) is 0 Å². The number of rotatable bonds is 2. The number of hydrogen-bond donors (Lipinski definition) is 0. The summed E-state index contributed by atoms with van der Waals surface area (Å²) in [5.41, 5.74) is 1.09. The molecule has 0 N–H and O–H groups in total. The Hall–Kier alpha value is -2.16. The lowest BCUT2D eigenvalue weighted by Crippen LogP contribution is -2.30.